The SMILES string of the molecule is COc1ccc(S(=O)(=O)N[C@@H](Cc2ccccc2)C(=O)N2CCCCC2)cc1C. The van der Waals surface area contributed by atoms with E-state index in [1.54, 1.807) is 31.1 Å². The zero-order valence-corrected chi connectivity index (χ0v) is 17.7. The van der Waals surface area contributed by atoms with Crippen molar-refractivity contribution in [3.63, 3.8) is 0 Å². The van der Waals surface area contributed by atoms with Crippen LogP contribution in [0.1, 0.15) is 30.4 Å². The van der Waals surface area contributed by atoms with Gasteiger partial charge in [-0.15, -0.1) is 0 Å². The summed E-state index contributed by atoms with van der Waals surface area (Å²) in [6.07, 6.45) is 3.32. The number of carbonyl (C=O) groups is 1. The predicted octanol–water partition coefficient (Wildman–Crippen LogP) is 2.91. The van der Waals surface area contributed by atoms with Crippen molar-refractivity contribution in [2.24, 2.45) is 0 Å². The van der Waals surface area contributed by atoms with Crippen molar-refractivity contribution in [1.82, 2.24) is 9.62 Å². The van der Waals surface area contributed by atoms with Crippen LogP contribution >= 0.6 is 0 Å². The summed E-state index contributed by atoms with van der Waals surface area (Å²) >= 11 is 0. The van der Waals surface area contributed by atoms with E-state index in [-0.39, 0.29) is 10.8 Å². The van der Waals surface area contributed by atoms with Gasteiger partial charge in [0.1, 0.15) is 11.8 Å². The summed E-state index contributed by atoms with van der Waals surface area (Å²) in [5, 5.41) is 0. The normalized spacial score (nSPS) is 15.7. The van der Waals surface area contributed by atoms with Crippen LogP contribution in [0, 0.1) is 6.92 Å². The number of aryl methyl sites for hydroxylation is 1. The highest BCUT2D eigenvalue weighted by molar-refractivity contribution is 7.89. The molecule has 6 nitrogen and oxygen atoms in total. The zero-order valence-electron chi connectivity index (χ0n) is 16.9. The first-order valence-electron chi connectivity index (χ1n) is 9.90. The first-order valence-corrected chi connectivity index (χ1v) is 11.4. The van der Waals surface area contributed by atoms with Gasteiger partial charge in [-0.1, -0.05) is 30.3 Å². The van der Waals surface area contributed by atoms with E-state index in [2.05, 4.69) is 4.72 Å². The third kappa shape index (κ3) is 5.36. The average Bonchev–Trinajstić information content (AvgIpc) is 2.74. The largest absolute Gasteiger partial charge is 0.496 e. The number of ether oxygens (including phenoxy) is 1. The molecule has 3 rings (SSSR count). The predicted molar refractivity (Wildman–Crippen MR) is 112 cm³/mol. The van der Waals surface area contributed by atoms with Crippen LogP contribution in [0.3, 0.4) is 0 Å². The van der Waals surface area contributed by atoms with Crippen LogP contribution in [0.25, 0.3) is 0 Å². The molecule has 2 aromatic carbocycles. The van der Waals surface area contributed by atoms with Crippen LogP contribution in [-0.2, 0) is 21.2 Å². The van der Waals surface area contributed by atoms with Gasteiger partial charge in [0.2, 0.25) is 15.9 Å². The maximum Gasteiger partial charge on any atom is 0.241 e. The molecule has 2 aromatic rings. The van der Waals surface area contributed by atoms with Gasteiger partial charge in [-0.3, -0.25) is 4.79 Å². The highest BCUT2D eigenvalue weighted by Gasteiger charge is 2.30. The Morgan fingerprint density at radius 1 is 1.10 bits per heavy atom. The number of hydrogen-bond acceptors (Lipinski definition) is 4. The zero-order chi connectivity index (χ0) is 20.9. The molecule has 156 valence electrons. The molecule has 1 fully saturated rings. The summed E-state index contributed by atoms with van der Waals surface area (Å²) < 4.78 is 34.0. The highest BCUT2D eigenvalue weighted by atomic mass is 32.2. The Labute approximate surface area is 172 Å². The van der Waals surface area contributed by atoms with Crippen molar-refractivity contribution >= 4 is 15.9 Å². The highest BCUT2D eigenvalue weighted by Crippen LogP contribution is 2.22. The lowest BCUT2D eigenvalue weighted by atomic mass is 10.0. The summed E-state index contributed by atoms with van der Waals surface area (Å²) in [5.74, 6) is 0.455. The second kappa shape index (κ2) is 9.41. The number of benzene rings is 2. The van der Waals surface area contributed by atoms with Crippen LogP contribution in [0.5, 0.6) is 5.75 Å². The third-order valence-electron chi connectivity index (χ3n) is 5.22. The number of carbonyl (C=O) groups excluding carboxylic acids is 1. The Bertz CT molecular complexity index is 939. The van der Waals surface area contributed by atoms with E-state index in [9.17, 15) is 13.2 Å². The molecule has 0 saturated carbocycles. The Morgan fingerprint density at radius 2 is 1.79 bits per heavy atom. The number of hydrogen-bond donors (Lipinski definition) is 1. The van der Waals surface area contributed by atoms with Gasteiger partial charge in [0.15, 0.2) is 0 Å². The van der Waals surface area contributed by atoms with Gasteiger partial charge < -0.3 is 9.64 Å². The molecule has 7 heteroatoms. The van der Waals surface area contributed by atoms with Crippen LogP contribution in [-0.4, -0.2) is 45.5 Å². The van der Waals surface area contributed by atoms with E-state index >= 15 is 0 Å². The van der Waals surface area contributed by atoms with Crippen LogP contribution < -0.4 is 9.46 Å². The van der Waals surface area contributed by atoms with E-state index in [1.165, 1.54) is 6.07 Å². The molecule has 0 aliphatic carbocycles. The second-order valence-corrected chi connectivity index (χ2v) is 9.09. The fraction of sp³-hybridized carbons (Fsp3) is 0.409. The van der Waals surface area contributed by atoms with E-state index in [4.69, 9.17) is 4.74 Å². The van der Waals surface area contributed by atoms with Gasteiger partial charge in [0.05, 0.1) is 12.0 Å². The molecular formula is C22H28N2O4S. The number of rotatable bonds is 7. The van der Waals surface area contributed by atoms with E-state index in [1.807, 2.05) is 30.3 Å². The van der Waals surface area contributed by atoms with Crippen molar-refractivity contribution < 1.29 is 17.9 Å². The van der Waals surface area contributed by atoms with Gasteiger partial charge >= 0.3 is 0 Å². The smallest absolute Gasteiger partial charge is 0.241 e. The van der Waals surface area contributed by atoms with Crippen molar-refractivity contribution in [3.05, 3.63) is 59.7 Å². The fourth-order valence-corrected chi connectivity index (χ4v) is 4.91. The van der Waals surface area contributed by atoms with Crippen LogP contribution in [0.15, 0.2) is 53.4 Å². The Kier molecular flexibility index (Phi) is 6.92. The molecule has 29 heavy (non-hydrogen) atoms. The van der Waals surface area contributed by atoms with Gasteiger partial charge in [-0.25, -0.2) is 8.42 Å². The molecule has 0 spiro atoms. The van der Waals surface area contributed by atoms with Gasteiger partial charge in [0, 0.05) is 13.1 Å². The second-order valence-electron chi connectivity index (χ2n) is 7.38. The van der Waals surface area contributed by atoms with E-state index in [0.717, 1.165) is 30.4 Å². The van der Waals surface area contributed by atoms with Gasteiger partial charge in [-0.05, 0) is 61.9 Å². The number of methoxy groups -OCH3 is 1. The lowest BCUT2D eigenvalue weighted by Crippen LogP contribution is -2.50. The lowest BCUT2D eigenvalue weighted by molar-refractivity contribution is -0.133. The number of nitrogens with zero attached hydrogens (tertiary/aromatic N) is 1. The van der Waals surface area contributed by atoms with Gasteiger partial charge in [0.25, 0.3) is 0 Å². The molecule has 1 amide bonds. The quantitative estimate of drug-likeness (QED) is 0.753. The summed E-state index contributed by atoms with van der Waals surface area (Å²) in [6, 6.07) is 13.3. The van der Waals surface area contributed by atoms with Crippen molar-refractivity contribution in [2.45, 2.75) is 43.5 Å². The molecule has 0 aromatic heterocycles. The van der Waals surface area contributed by atoms with Crippen molar-refractivity contribution in [1.29, 1.82) is 0 Å². The number of likely N-dealkylation sites (tertiary alicyclic amines) is 1. The minimum absolute atomic E-state index is 0.125. The molecular weight excluding hydrogens is 388 g/mol. The summed E-state index contributed by atoms with van der Waals surface area (Å²) in [5.41, 5.74) is 1.63. The number of sulfonamides is 1. The minimum atomic E-state index is -3.86. The fourth-order valence-electron chi connectivity index (χ4n) is 3.64. The lowest BCUT2D eigenvalue weighted by Gasteiger charge is -2.30. The Hall–Kier alpha value is -2.38. The summed E-state index contributed by atoms with van der Waals surface area (Å²) in [4.78, 5) is 15.1. The molecule has 1 atom stereocenters. The first-order chi connectivity index (χ1) is 13.9. The van der Waals surface area contributed by atoms with Gasteiger partial charge in [-0.2, -0.15) is 4.72 Å². The van der Waals surface area contributed by atoms with Crippen molar-refractivity contribution in [3.8, 4) is 5.75 Å². The molecule has 1 N–H and O–H groups in total. The maximum absolute atomic E-state index is 13.2. The van der Waals surface area contributed by atoms with Crippen molar-refractivity contribution in [2.75, 3.05) is 20.2 Å². The first kappa shape index (κ1) is 21.3. The Balaban J connectivity index is 1.86. The van der Waals surface area contributed by atoms with Crippen LogP contribution in [0.2, 0.25) is 0 Å². The molecule has 1 aliphatic heterocycles. The molecule has 0 radical (unpaired) electrons. The summed E-state index contributed by atoms with van der Waals surface area (Å²) in [7, 11) is -2.32. The number of piperidine rings is 1. The standard InChI is InChI=1S/C22H28N2O4S/c1-17-15-19(11-12-21(17)28-2)29(26,27)23-20(16-18-9-5-3-6-10-18)22(25)24-13-7-4-8-14-24/h3,5-6,9-12,15,20,23H,4,7-8,13-14,16H2,1-2H3/t20-/m0/s1. The maximum atomic E-state index is 13.2. The molecule has 1 aliphatic rings. The third-order valence-corrected chi connectivity index (χ3v) is 6.69. The van der Waals surface area contributed by atoms with E-state index < -0.39 is 16.1 Å². The number of amides is 1. The molecule has 1 saturated heterocycles. The summed E-state index contributed by atoms with van der Waals surface area (Å²) in [6.45, 7) is 3.14. The molecule has 1 heterocycles. The van der Waals surface area contributed by atoms with E-state index in [0.29, 0.717) is 25.3 Å². The topological polar surface area (TPSA) is 75.7 Å². The average molecular weight is 417 g/mol. The molecule has 0 bridgehead atoms. The Morgan fingerprint density at radius 3 is 2.41 bits per heavy atom. The monoisotopic (exact) mass is 416 g/mol. The molecule has 0 unspecified atom stereocenters. The number of nitrogens with one attached hydrogen (secondary N) is 1. The minimum Gasteiger partial charge on any atom is -0.496 e. The van der Waals surface area contributed by atoms with Crippen LogP contribution in [0.4, 0.5) is 0 Å².